The molecule has 8 heteroatoms. The lowest BCUT2D eigenvalue weighted by Crippen LogP contribution is -2.14. The number of aromatic nitrogens is 3. The van der Waals surface area contributed by atoms with Crippen molar-refractivity contribution in [2.24, 2.45) is 0 Å². The van der Waals surface area contributed by atoms with Crippen LogP contribution >= 0.6 is 11.3 Å². The van der Waals surface area contributed by atoms with E-state index in [0.717, 1.165) is 66.4 Å². The number of thiazole rings is 1. The van der Waals surface area contributed by atoms with Gasteiger partial charge in [-0.3, -0.25) is 4.79 Å². The van der Waals surface area contributed by atoms with Gasteiger partial charge in [-0.05, 0) is 55.7 Å². The maximum absolute atomic E-state index is 11.3. The molecule has 0 unspecified atom stereocenters. The molecule has 0 aromatic carbocycles. The van der Waals surface area contributed by atoms with Crippen molar-refractivity contribution in [1.82, 2.24) is 15.0 Å². The third kappa shape index (κ3) is 5.79. The molecule has 0 saturated heterocycles. The molecule has 4 rings (SSSR count). The Morgan fingerprint density at radius 3 is 2.87 bits per heavy atom. The van der Waals surface area contributed by atoms with Crippen LogP contribution in [0.4, 0.5) is 5.82 Å². The van der Waals surface area contributed by atoms with Crippen LogP contribution in [0.2, 0.25) is 0 Å². The van der Waals surface area contributed by atoms with Gasteiger partial charge in [0.2, 0.25) is 5.88 Å². The van der Waals surface area contributed by atoms with Crippen molar-refractivity contribution in [2.45, 2.75) is 50.9 Å². The molecule has 3 aromatic rings. The van der Waals surface area contributed by atoms with Crippen LogP contribution in [0.1, 0.15) is 52.7 Å². The van der Waals surface area contributed by atoms with Crippen LogP contribution in [0.5, 0.6) is 5.88 Å². The maximum atomic E-state index is 11.3. The zero-order chi connectivity index (χ0) is 21.6. The number of nitrogens with one attached hydrogen (secondary N) is 1. The monoisotopic (exact) mass is 438 g/mol. The molecule has 0 aliphatic carbocycles. The molecule has 31 heavy (non-hydrogen) atoms. The number of aromatic hydroxyl groups is 1. The number of anilines is 1. The quantitative estimate of drug-likeness (QED) is 0.464. The normalized spacial score (nSPS) is 13.9. The predicted molar refractivity (Wildman–Crippen MR) is 120 cm³/mol. The van der Waals surface area contributed by atoms with Crippen molar-refractivity contribution in [3.8, 4) is 5.88 Å². The van der Waals surface area contributed by atoms with Gasteiger partial charge in [-0.2, -0.15) is 0 Å². The number of rotatable bonds is 9. The highest BCUT2D eigenvalue weighted by atomic mass is 32.1. The summed E-state index contributed by atoms with van der Waals surface area (Å²) in [5.41, 5.74) is 4.10. The van der Waals surface area contributed by atoms with Gasteiger partial charge >= 0.3 is 5.97 Å². The number of hydrogen-bond acceptors (Lipinski definition) is 7. The number of pyridine rings is 2. The van der Waals surface area contributed by atoms with Gasteiger partial charge in [-0.15, -0.1) is 11.3 Å². The smallest absolute Gasteiger partial charge is 0.303 e. The van der Waals surface area contributed by atoms with Crippen LogP contribution < -0.4 is 5.32 Å². The summed E-state index contributed by atoms with van der Waals surface area (Å²) < 4.78 is 0. The third-order valence-electron chi connectivity index (χ3n) is 5.49. The minimum absolute atomic E-state index is 0.00263. The van der Waals surface area contributed by atoms with E-state index < -0.39 is 5.97 Å². The Hall–Kier alpha value is -3.00. The number of aliphatic carboxylic acids is 1. The highest BCUT2D eigenvalue weighted by Gasteiger charge is 2.18. The van der Waals surface area contributed by atoms with E-state index in [1.165, 1.54) is 17.8 Å². The molecule has 0 amide bonds. The SMILES string of the molecule is O=C(O)C[C@H](Cc1csc(CCCc2ccc3c(n2)NCCC3)n1)c1ccc(O)nc1. The standard InChI is InChI=1S/C23H26N4O3S/c28-20-9-7-16(13-25-20)17(12-22(29)30)11-19-14-31-21(26-19)5-1-4-18-8-6-15-3-2-10-24-23(15)27-18/h6-9,13-14,17H,1-5,10-12H2,(H,24,27)(H,25,28)(H,29,30)/t17-/m0/s1. The van der Waals surface area contributed by atoms with E-state index in [0.29, 0.717) is 6.42 Å². The average molecular weight is 439 g/mol. The molecule has 0 bridgehead atoms. The first kappa shape index (κ1) is 21.2. The largest absolute Gasteiger partial charge is 0.493 e. The number of fused-ring (bicyclic) bond motifs is 1. The average Bonchev–Trinajstić information content (AvgIpc) is 3.20. The van der Waals surface area contributed by atoms with Crippen molar-refractivity contribution >= 4 is 23.1 Å². The summed E-state index contributed by atoms with van der Waals surface area (Å²) in [6.45, 7) is 0.994. The molecule has 4 heterocycles. The molecule has 1 atom stereocenters. The summed E-state index contributed by atoms with van der Waals surface area (Å²) in [6.07, 6.45) is 7.09. The number of nitrogens with zero attached hydrogens (tertiary/aromatic N) is 3. The fraction of sp³-hybridized carbons (Fsp3) is 0.391. The van der Waals surface area contributed by atoms with Crippen LogP contribution in [0, 0.1) is 0 Å². The maximum Gasteiger partial charge on any atom is 0.303 e. The summed E-state index contributed by atoms with van der Waals surface area (Å²) >= 11 is 1.62. The second-order valence-electron chi connectivity index (χ2n) is 7.88. The van der Waals surface area contributed by atoms with Gasteiger partial charge in [0.25, 0.3) is 0 Å². The van der Waals surface area contributed by atoms with Crippen LogP contribution in [0.15, 0.2) is 35.8 Å². The summed E-state index contributed by atoms with van der Waals surface area (Å²) in [7, 11) is 0. The fourth-order valence-corrected chi connectivity index (χ4v) is 4.75. The molecular formula is C23H26N4O3S. The second kappa shape index (κ2) is 9.87. The Morgan fingerprint density at radius 1 is 1.16 bits per heavy atom. The van der Waals surface area contributed by atoms with Crippen LogP contribution in [0.3, 0.4) is 0 Å². The van der Waals surface area contributed by atoms with E-state index in [1.54, 1.807) is 17.4 Å². The number of carboxylic acid groups (broad SMARTS) is 1. The lowest BCUT2D eigenvalue weighted by Gasteiger charge is -2.17. The third-order valence-corrected chi connectivity index (χ3v) is 6.45. The van der Waals surface area contributed by atoms with Gasteiger partial charge in [0, 0.05) is 35.8 Å². The van der Waals surface area contributed by atoms with Crippen LogP contribution in [0.25, 0.3) is 0 Å². The van der Waals surface area contributed by atoms with Gasteiger partial charge < -0.3 is 15.5 Å². The highest BCUT2D eigenvalue weighted by molar-refractivity contribution is 7.09. The molecule has 7 nitrogen and oxygen atoms in total. The Morgan fingerprint density at radius 2 is 2.06 bits per heavy atom. The van der Waals surface area contributed by atoms with E-state index in [1.807, 2.05) is 5.38 Å². The topological polar surface area (TPSA) is 108 Å². The van der Waals surface area contributed by atoms with Crippen LogP contribution in [-0.2, 0) is 30.5 Å². The van der Waals surface area contributed by atoms with Crippen molar-refractivity contribution in [1.29, 1.82) is 0 Å². The highest BCUT2D eigenvalue weighted by Crippen LogP contribution is 2.26. The number of hydrogen-bond donors (Lipinski definition) is 3. The van der Waals surface area contributed by atoms with E-state index in [-0.39, 0.29) is 18.2 Å². The summed E-state index contributed by atoms with van der Waals surface area (Å²) in [4.78, 5) is 24.7. The lowest BCUT2D eigenvalue weighted by atomic mass is 9.92. The molecule has 0 spiro atoms. The van der Waals surface area contributed by atoms with Crippen molar-refractivity contribution < 1.29 is 15.0 Å². The fourth-order valence-electron chi connectivity index (χ4n) is 3.90. The van der Waals surface area contributed by atoms with Gasteiger partial charge in [0.1, 0.15) is 5.82 Å². The van der Waals surface area contributed by atoms with E-state index >= 15 is 0 Å². The molecule has 0 saturated carbocycles. The Bertz CT molecular complexity index is 1040. The van der Waals surface area contributed by atoms with Gasteiger partial charge in [-0.25, -0.2) is 15.0 Å². The molecule has 162 valence electrons. The minimum Gasteiger partial charge on any atom is -0.493 e. The Labute approximate surface area is 185 Å². The number of carbonyl (C=O) groups is 1. The molecular weight excluding hydrogens is 412 g/mol. The second-order valence-corrected chi connectivity index (χ2v) is 8.82. The first-order valence-corrected chi connectivity index (χ1v) is 11.5. The Kier molecular flexibility index (Phi) is 6.76. The molecule has 1 aliphatic heterocycles. The molecule has 0 fully saturated rings. The first-order valence-electron chi connectivity index (χ1n) is 10.6. The Balaban J connectivity index is 1.33. The summed E-state index contributed by atoms with van der Waals surface area (Å²) in [5, 5.41) is 25.1. The van der Waals surface area contributed by atoms with Gasteiger partial charge in [0.05, 0.1) is 17.1 Å². The summed E-state index contributed by atoms with van der Waals surface area (Å²) in [5.74, 6) is -0.125. The molecule has 0 radical (unpaired) electrons. The first-order chi connectivity index (χ1) is 15.1. The number of carboxylic acids is 1. The van der Waals surface area contributed by atoms with E-state index in [2.05, 4.69) is 22.4 Å². The zero-order valence-electron chi connectivity index (χ0n) is 17.3. The predicted octanol–water partition coefficient (Wildman–Crippen LogP) is 3.97. The van der Waals surface area contributed by atoms with E-state index in [4.69, 9.17) is 9.97 Å². The summed E-state index contributed by atoms with van der Waals surface area (Å²) in [6, 6.07) is 7.53. The zero-order valence-corrected chi connectivity index (χ0v) is 18.1. The van der Waals surface area contributed by atoms with Gasteiger partial charge in [-0.1, -0.05) is 12.1 Å². The molecule has 3 N–H and O–H groups in total. The lowest BCUT2D eigenvalue weighted by molar-refractivity contribution is -0.137. The van der Waals surface area contributed by atoms with Crippen LogP contribution in [-0.4, -0.2) is 37.7 Å². The molecule has 3 aromatic heterocycles. The van der Waals surface area contributed by atoms with Crippen molar-refractivity contribution in [3.05, 3.63) is 63.4 Å². The molecule has 1 aliphatic rings. The number of aryl methyl sites for hydroxylation is 3. The van der Waals surface area contributed by atoms with Crippen molar-refractivity contribution in [2.75, 3.05) is 11.9 Å². The van der Waals surface area contributed by atoms with Gasteiger partial charge in [0.15, 0.2) is 0 Å². The van der Waals surface area contributed by atoms with Crippen molar-refractivity contribution in [3.63, 3.8) is 0 Å². The minimum atomic E-state index is -0.861. The van der Waals surface area contributed by atoms with E-state index in [9.17, 15) is 15.0 Å².